The number of benzene rings is 2. The minimum Gasteiger partial charge on any atom is -0.385 e. The lowest BCUT2D eigenvalue weighted by Gasteiger charge is -2.38. The summed E-state index contributed by atoms with van der Waals surface area (Å²) in [7, 11) is 0. The fourth-order valence-corrected chi connectivity index (χ4v) is 4.55. The van der Waals surface area contributed by atoms with Crippen LogP contribution in [-0.4, -0.2) is 35.4 Å². The third-order valence-electron chi connectivity index (χ3n) is 6.31. The largest absolute Gasteiger partial charge is 0.417 e. The number of piperidine rings is 1. The molecule has 1 fully saturated rings. The number of hydrogen-bond acceptors (Lipinski definition) is 3. The molecule has 0 bridgehead atoms. The number of halogens is 5. The van der Waals surface area contributed by atoms with Crippen LogP contribution in [0.2, 0.25) is 5.02 Å². The van der Waals surface area contributed by atoms with Gasteiger partial charge in [0.25, 0.3) is 0 Å². The highest BCUT2D eigenvalue weighted by Crippen LogP contribution is 2.40. The molecule has 1 saturated heterocycles. The van der Waals surface area contributed by atoms with E-state index in [2.05, 4.69) is 4.90 Å². The number of rotatable bonds is 7. The van der Waals surface area contributed by atoms with Gasteiger partial charge < -0.3 is 10.0 Å². The van der Waals surface area contributed by atoms with E-state index in [4.69, 9.17) is 11.6 Å². The Morgan fingerprint density at radius 1 is 1.15 bits per heavy atom. The molecule has 0 aliphatic carbocycles. The monoisotopic (exact) mass is 485 g/mol. The first kappa shape index (κ1) is 25.7. The van der Waals surface area contributed by atoms with Gasteiger partial charge in [0, 0.05) is 25.1 Å². The standard InChI is InChI=1S/C25H28ClF4NO2/c1-16(2)20-15-18(27)6-7-19(20)23(32)4-3-11-31-12-9-24(33,10-13-31)17-5-8-22(26)21(14-17)25(28,29)30/h5-8,14-16,33H,3-4,9-13H2,1-2H3. The Hall–Kier alpha value is -1.96. The fraction of sp³-hybridized carbons (Fsp3) is 0.480. The summed E-state index contributed by atoms with van der Waals surface area (Å²) in [5.41, 5.74) is -0.840. The average molecular weight is 486 g/mol. The van der Waals surface area contributed by atoms with Crippen LogP contribution in [0.3, 0.4) is 0 Å². The Morgan fingerprint density at radius 2 is 1.82 bits per heavy atom. The van der Waals surface area contributed by atoms with Crippen molar-refractivity contribution in [1.82, 2.24) is 4.90 Å². The molecule has 1 aliphatic rings. The number of likely N-dealkylation sites (tertiary alicyclic amines) is 1. The summed E-state index contributed by atoms with van der Waals surface area (Å²) in [4.78, 5) is 14.8. The maximum atomic E-state index is 13.6. The Kier molecular flexibility index (Phi) is 7.87. The number of carbonyl (C=O) groups is 1. The second kappa shape index (κ2) is 10.1. The summed E-state index contributed by atoms with van der Waals surface area (Å²) in [6, 6.07) is 7.80. The lowest BCUT2D eigenvalue weighted by Crippen LogP contribution is -2.43. The molecule has 0 spiro atoms. The Morgan fingerprint density at radius 3 is 2.42 bits per heavy atom. The smallest absolute Gasteiger partial charge is 0.385 e. The molecular formula is C25H28ClF4NO2. The van der Waals surface area contributed by atoms with Gasteiger partial charge in [-0.2, -0.15) is 13.2 Å². The van der Waals surface area contributed by atoms with Crippen molar-refractivity contribution < 1.29 is 27.5 Å². The predicted octanol–water partition coefficient (Wildman–Crippen LogP) is 6.57. The fourth-order valence-electron chi connectivity index (χ4n) is 4.33. The highest BCUT2D eigenvalue weighted by atomic mass is 35.5. The zero-order valence-electron chi connectivity index (χ0n) is 18.7. The van der Waals surface area contributed by atoms with E-state index >= 15 is 0 Å². The van der Waals surface area contributed by atoms with E-state index in [0.717, 1.165) is 6.07 Å². The van der Waals surface area contributed by atoms with Crippen LogP contribution in [0.15, 0.2) is 36.4 Å². The topological polar surface area (TPSA) is 40.5 Å². The van der Waals surface area contributed by atoms with Gasteiger partial charge in [0.05, 0.1) is 16.2 Å². The lowest BCUT2D eigenvalue weighted by atomic mass is 9.83. The summed E-state index contributed by atoms with van der Waals surface area (Å²) in [5.74, 6) is -0.364. The normalized spacial score (nSPS) is 16.9. The summed E-state index contributed by atoms with van der Waals surface area (Å²) in [6.45, 7) is 5.47. The molecular weight excluding hydrogens is 458 g/mol. The number of carbonyl (C=O) groups excluding carboxylic acids is 1. The second-order valence-corrected chi connectivity index (χ2v) is 9.39. The van der Waals surface area contributed by atoms with Crippen LogP contribution in [0.5, 0.6) is 0 Å². The molecule has 0 unspecified atom stereocenters. The predicted molar refractivity (Wildman–Crippen MR) is 120 cm³/mol. The van der Waals surface area contributed by atoms with Gasteiger partial charge in [-0.25, -0.2) is 4.39 Å². The Balaban J connectivity index is 1.56. The number of ketones is 1. The van der Waals surface area contributed by atoms with Crippen molar-refractivity contribution in [2.45, 2.75) is 57.2 Å². The third-order valence-corrected chi connectivity index (χ3v) is 6.64. The third kappa shape index (κ3) is 6.14. The molecule has 1 heterocycles. The van der Waals surface area contributed by atoms with Gasteiger partial charge in [0.2, 0.25) is 0 Å². The highest BCUT2D eigenvalue weighted by Gasteiger charge is 2.38. The van der Waals surface area contributed by atoms with E-state index in [1.54, 1.807) is 0 Å². The van der Waals surface area contributed by atoms with Crippen molar-refractivity contribution in [2.75, 3.05) is 19.6 Å². The molecule has 2 aromatic rings. The summed E-state index contributed by atoms with van der Waals surface area (Å²) < 4.78 is 53.1. The van der Waals surface area contributed by atoms with E-state index in [-0.39, 0.29) is 35.9 Å². The number of alkyl halides is 3. The molecule has 0 radical (unpaired) electrons. The maximum absolute atomic E-state index is 13.6. The number of aliphatic hydroxyl groups is 1. The van der Waals surface area contributed by atoms with Crippen LogP contribution >= 0.6 is 11.6 Å². The zero-order valence-corrected chi connectivity index (χ0v) is 19.4. The van der Waals surface area contributed by atoms with Gasteiger partial charge in [-0.1, -0.05) is 31.5 Å². The van der Waals surface area contributed by atoms with Gasteiger partial charge in [0.15, 0.2) is 5.78 Å². The van der Waals surface area contributed by atoms with Crippen molar-refractivity contribution >= 4 is 17.4 Å². The van der Waals surface area contributed by atoms with Crippen LogP contribution in [-0.2, 0) is 11.8 Å². The van der Waals surface area contributed by atoms with E-state index in [9.17, 15) is 27.5 Å². The van der Waals surface area contributed by atoms with Gasteiger partial charge in [-0.3, -0.25) is 4.79 Å². The highest BCUT2D eigenvalue weighted by molar-refractivity contribution is 6.31. The van der Waals surface area contributed by atoms with Crippen molar-refractivity contribution in [2.24, 2.45) is 0 Å². The Labute approximate surface area is 196 Å². The molecule has 2 aromatic carbocycles. The van der Waals surface area contributed by atoms with Gasteiger partial charge in [-0.05, 0) is 73.2 Å². The first-order chi connectivity index (χ1) is 15.4. The lowest BCUT2D eigenvalue weighted by molar-refractivity contribution is -0.137. The minimum atomic E-state index is -4.59. The minimum absolute atomic E-state index is 0.0325. The molecule has 3 rings (SSSR count). The molecule has 3 nitrogen and oxygen atoms in total. The van der Waals surface area contributed by atoms with Crippen LogP contribution in [0.1, 0.15) is 72.5 Å². The van der Waals surface area contributed by atoms with E-state index < -0.39 is 22.4 Å². The summed E-state index contributed by atoms with van der Waals surface area (Å²) in [5, 5.41) is 10.6. The van der Waals surface area contributed by atoms with Crippen LogP contribution in [0, 0.1) is 5.82 Å². The van der Waals surface area contributed by atoms with Gasteiger partial charge >= 0.3 is 6.18 Å². The van der Waals surface area contributed by atoms with Crippen molar-refractivity contribution in [1.29, 1.82) is 0 Å². The van der Waals surface area contributed by atoms with Crippen molar-refractivity contribution in [3.05, 3.63) is 69.5 Å². The zero-order chi connectivity index (χ0) is 24.4. The average Bonchev–Trinajstić information content (AvgIpc) is 2.74. The number of hydrogen-bond donors (Lipinski definition) is 1. The van der Waals surface area contributed by atoms with Gasteiger partial charge in [-0.15, -0.1) is 0 Å². The molecule has 180 valence electrons. The van der Waals surface area contributed by atoms with E-state index in [1.807, 2.05) is 13.8 Å². The van der Waals surface area contributed by atoms with Crippen LogP contribution in [0.25, 0.3) is 0 Å². The van der Waals surface area contributed by atoms with E-state index in [1.165, 1.54) is 30.3 Å². The molecule has 1 N–H and O–H groups in total. The summed E-state index contributed by atoms with van der Waals surface area (Å²) in [6.07, 6.45) is -3.09. The number of nitrogens with zero attached hydrogens (tertiary/aromatic N) is 1. The Bertz CT molecular complexity index is 998. The van der Waals surface area contributed by atoms with Gasteiger partial charge in [0.1, 0.15) is 5.82 Å². The van der Waals surface area contributed by atoms with Crippen molar-refractivity contribution in [3.63, 3.8) is 0 Å². The molecule has 0 saturated carbocycles. The molecule has 0 aromatic heterocycles. The first-order valence-electron chi connectivity index (χ1n) is 11.1. The quantitative estimate of drug-likeness (QED) is 0.356. The molecule has 0 atom stereocenters. The van der Waals surface area contributed by atoms with Crippen LogP contribution in [0.4, 0.5) is 17.6 Å². The molecule has 8 heteroatoms. The van der Waals surface area contributed by atoms with Crippen molar-refractivity contribution in [3.8, 4) is 0 Å². The molecule has 0 amide bonds. The SMILES string of the molecule is CC(C)c1cc(F)ccc1C(=O)CCCN1CCC(O)(c2ccc(Cl)c(C(F)(F)F)c2)CC1. The number of Topliss-reactive ketones (excluding diaryl/α,β-unsaturated/α-hetero) is 1. The van der Waals surface area contributed by atoms with Crippen LogP contribution < -0.4 is 0 Å². The van der Waals surface area contributed by atoms with E-state index in [0.29, 0.717) is 43.6 Å². The maximum Gasteiger partial charge on any atom is 0.417 e. The molecule has 1 aliphatic heterocycles. The summed E-state index contributed by atoms with van der Waals surface area (Å²) >= 11 is 5.69. The second-order valence-electron chi connectivity index (χ2n) is 8.98. The molecule has 33 heavy (non-hydrogen) atoms. The first-order valence-corrected chi connectivity index (χ1v) is 11.4.